The van der Waals surface area contributed by atoms with Gasteiger partial charge in [0.1, 0.15) is 11.0 Å². The molecular weight excluding hydrogens is 162 g/mol. The summed E-state index contributed by atoms with van der Waals surface area (Å²) in [5, 5.41) is 0. The van der Waals surface area contributed by atoms with Crippen molar-refractivity contribution < 1.29 is 8.95 Å². The molecule has 3 nitrogen and oxygen atoms in total. The summed E-state index contributed by atoms with van der Waals surface area (Å²) in [6.07, 6.45) is 0.835. The van der Waals surface area contributed by atoms with E-state index < -0.39 is 11.0 Å². The molecule has 1 fully saturated rings. The fourth-order valence-corrected chi connectivity index (χ4v) is 1.10. The normalized spacial score (nSPS) is 24.1. The van der Waals surface area contributed by atoms with Crippen molar-refractivity contribution in [2.24, 2.45) is 4.40 Å². The highest BCUT2D eigenvalue weighted by Gasteiger charge is 2.22. The Morgan fingerprint density at radius 2 is 2.09 bits per heavy atom. The molecule has 0 radical (unpaired) electrons. The molecule has 0 aliphatic carbocycles. The van der Waals surface area contributed by atoms with Gasteiger partial charge in [-0.2, -0.15) is 4.40 Å². The second kappa shape index (κ2) is 2.93. The average molecular weight is 175 g/mol. The van der Waals surface area contributed by atoms with Gasteiger partial charge >= 0.3 is 0 Å². The van der Waals surface area contributed by atoms with Crippen molar-refractivity contribution in [2.75, 3.05) is 6.61 Å². The molecule has 0 amide bonds. The van der Waals surface area contributed by atoms with Gasteiger partial charge < -0.3 is 4.74 Å². The zero-order valence-corrected chi connectivity index (χ0v) is 7.90. The molecule has 4 heteroatoms. The van der Waals surface area contributed by atoms with Gasteiger partial charge in [-0.25, -0.2) is 4.21 Å². The fourth-order valence-electron chi connectivity index (χ4n) is 0.495. The van der Waals surface area contributed by atoms with Crippen LogP contribution in [-0.4, -0.2) is 21.5 Å². The smallest absolute Gasteiger partial charge is 0.201 e. The lowest BCUT2D eigenvalue weighted by molar-refractivity contribution is 0.236. The van der Waals surface area contributed by atoms with Gasteiger partial charge in [-0.1, -0.05) is 0 Å². The van der Waals surface area contributed by atoms with Crippen LogP contribution in [-0.2, 0) is 15.7 Å². The number of ether oxygens (including phenoxy) is 1. The van der Waals surface area contributed by atoms with Crippen LogP contribution in [0.2, 0.25) is 0 Å². The van der Waals surface area contributed by atoms with Crippen LogP contribution in [0.4, 0.5) is 0 Å². The molecule has 0 saturated carbocycles. The lowest BCUT2D eigenvalue weighted by Gasteiger charge is -2.19. The van der Waals surface area contributed by atoms with E-state index in [0.717, 1.165) is 13.0 Å². The zero-order chi connectivity index (χ0) is 8.48. The van der Waals surface area contributed by atoms with Crippen molar-refractivity contribution in [3.8, 4) is 0 Å². The van der Waals surface area contributed by atoms with Gasteiger partial charge in [-0.05, 0) is 20.8 Å². The molecule has 0 aromatic heterocycles. The topological polar surface area (TPSA) is 38.7 Å². The molecule has 0 bridgehead atoms. The maximum atomic E-state index is 11.3. The Balaban J connectivity index is 2.55. The highest BCUT2D eigenvalue weighted by molar-refractivity contribution is 7.85. The first-order valence-electron chi connectivity index (χ1n) is 3.62. The quantitative estimate of drug-likeness (QED) is 0.602. The lowest BCUT2D eigenvalue weighted by Crippen LogP contribution is -2.25. The summed E-state index contributed by atoms with van der Waals surface area (Å²) in [7, 11) is -1.15. The van der Waals surface area contributed by atoms with Crippen molar-refractivity contribution in [1.82, 2.24) is 0 Å². The van der Waals surface area contributed by atoms with Gasteiger partial charge in [0.2, 0.25) is 5.90 Å². The molecule has 64 valence electrons. The zero-order valence-electron chi connectivity index (χ0n) is 7.09. The first-order chi connectivity index (χ1) is 5.00. The molecule has 1 heterocycles. The Morgan fingerprint density at radius 3 is 2.36 bits per heavy atom. The lowest BCUT2D eigenvalue weighted by atomic mass is 10.3. The minimum atomic E-state index is -1.15. The van der Waals surface area contributed by atoms with Crippen LogP contribution in [0.1, 0.15) is 27.2 Å². The first kappa shape index (κ1) is 8.71. The molecular formula is C7H13NO2S. The van der Waals surface area contributed by atoms with Crippen molar-refractivity contribution >= 4 is 16.9 Å². The van der Waals surface area contributed by atoms with Gasteiger partial charge in [0.15, 0.2) is 0 Å². The van der Waals surface area contributed by atoms with Crippen molar-refractivity contribution in [1.29, 1.82) is 0 Å². The first-order valence-corrected chi connectivity index (χ1v) is 4.73. The Labute approximate surface area is 69.4 Å². The second-order valence-corrected chi connectivity index (χ2v) is 5.35. The van der Waals surface area contributed by atoms with Gasteiger partial charge in [0, 0.05) is 0 Å². The highest BCUT2D eigenvalue weighted by Crippen LogP contribution is 2.15. The maximum absolute atomic E-state index is 11.3. The summed E-state index contributed by atoms with van der Waals surface area (Å²) in [4.78, 5) is 0. The summed E-state index contributed by atoms with van der Waals surface area (Å²) < 4.78 is 19.9. The van der Waals surface area contributed by atoms with Gasteiger partial charge in [-0.15, -0.1) is 0 Å². The summed E-state index contributed by atoms with van der Waals surface area (Å²) in [6, 6.07) is 0. The van der Waals surface area contributed by atoms with Crippen LogP contribution in [0, 0.1) is 0 Å². The summed E-state index contributed by atoms with van der Waals surface area (Å²) in [6.45, 7) is 6.41. The SMILES string of the molecule is CC(C)(C)S(=O)N=C1CCO1. The van der Waals surface area contributed by atoms with E-state index in [1.165, 1.54) is 0 Å². The molecule has 0 aromatic rings. The number of nitrogens with zero attached hydrogens (tertiary/aromatic N) is 1. The molecule has 0 N–H and O–H groups in total. The van der Waals surface area contributed by atoms with E-state index in [1.54, 1.807) is 0 Å². The minimum Gasteiger partial charge on any atom is -0.480 e. The molecule has 0 spiro atoms. The molecule has 0 aromatic carbocycles. The fraction of sp³-hybridized carbons (Fsp3) is 0.857. The van der Waals surface area contributed by atoms with Gasteiger partial charge in [0.25, 0.3) is 0 Å². The van der Waals surface area contributed by atoms with Crippen molar-refractivity contribution in [3.05, 3.63) is 0 Å². The predicted octanol–water partition coefficient (Wildman–Crippen LogP) is 1.27. The Kier molecular flexibility index (Phi) is 2.32. The molecule has 11 heavy (non-hydrogen) atoms. The molecule has 1 unspecified atom stereocenters. The molecule has 1 aliphatic heterocycles. The monoisotopic (exact) mass is 175 g/mol. The number of rotatable bonds is 1. The molecule has 1 saturated heterocycles. The Bertz CT molecular complexity index is 199. The number of hydrogen-bond donors (Lipinski definition) is 0. The molecule has 1 atom stereocenters. The van der Waals surface area contributed by atoms with Crippen LogP contribution in [0.3, 0.4) is 0 Å². The Morgan fingerprint density at radius 1 is 1.55 bits per heavy atom. The maximum Gasteiger partial charge on any atom is 0.201 e. The standard InChI is InChI=1S/C7H13NO2S/c1-7(2,3)11(9)8-6-4-5-10-6/h4-5H2,1-3H3. The average Bonchev–Trinajstić information content (AvgIpc) is 1.75. The van der Waals surface area contributed by atoms with E-state index in [2.05, 4.69) is 4.40 Å². The van der Waals surface area contributed by atoms with E-state index >= 15 is 0 Å². The summed E-state index contributed by atoms with van der Waals surface area (Å²) >= 11 is 0. The van der Waals surface area contributed by atoms with Crippen molar-refractivity contribution in [2.45, 2.75) is 31.9 Å². The van der Waals surface area contributed by atoms with E-state index in [0.29, 0.717) is 5.90 Å². The van der Waals surface area contributed by atoms with Crippen molar-refractivity contribution in [3.63, 3.8) is 0 Å². The third-order valence-electron chi connectivity index (χ3n) is 1.29. The largest absolute Gasteiger partial charge is 0.480 e. The van der Waals surface area contributed by atoms with E-state index in [4.69, 9.17) is 4.74 Å². The van der Waals surface area contributed by atoms with E-state index in [9.17, 15) is 4.21 Å². The van der Waals surface area contributed by atoms with Crippen LogP contribution in [0.25, 0.3) is 0 Å². The summed E-state index contributed by atoms with van der Waals surface area (Å²) in [5.74, 6) is 0.637. The van der Waals surface area contributed by atoms with Crippen LogP contribution in [0.5, 0.6) is 0 Å². The second-order valence-electron chi connectivity index (χ2n) is 3.45. The van der Waals surface area contributed by atoms with Crippen LogP contribution in [0.15, 0.2) is 4.40 Å². The van der Waals surface area contributed by atoms with Gasteiger partial charge in [0.05, 0.1) is 17.8 Å². The van der Waals surface area contributed by atoms with E-state index in [-0.39, 0.29) is 4.75 Å². The molecule has 1 aliphatic rings. The minimum absolute atomic E-state index is 0.272. The summed E-state index contributed by atoms with van der Waals surface area (Å²) in [5.41, 5.74) is 0. The van der Waals surface area contributed by atoms with E-state index in [1.807, 2.05) is 20.8 Å². The predicted molar refractivity (Wildman–Crippen MR) is 45.9 cm³/mol. The van der Waals surface area contributed by atoms with Crippen LogP contribution < -0.4 is 0 Å². The molecule has 1 rings (SSSR count). The third kappa shape index (κ3) is 2.29. The highest BCUT2D eigenvalue weighted by atomic mass is 32.2. The van der Waals surface area contributed by atoms with Crippen LogP contribution >= 0.6 is 0 Å². The Hall–Kier alpha value is -0.380. The number of hydrogen-bond acceptors (Lipinski definition) is 2. The van der Waals surface area contributed by atoms with Gasteiger partial charge in [-0.3, -0.25) is 0 Å². The third-order valence-corrected chi connectivity index (χ3v) is 2.71.